The third kappa shape index (κ3) is 8.53. The first-order valence-electron chi connectivity index (χ1n) is 14.9. The van der Waals surface area contributed by atoms with E-state index < -0.39 is 147 Å². The van der Waals surface area contributed by atoms with E-state index in [-0.39, 0.29) is 18.9 Å². The fourth-order valence-electron chi connectivity index (χ4n) is 5.28. The third-order valence-electron chi connectivity index (χ3n) is 7.52. The molecule has 0 atom stereocenters. The maximum atomic E-state index is 15.4. The van der Waals surface area contributed by atoms with Gasteiger partial charge in [0.05, 0.1) is 0 Å². The van der Waals surface area contributed by atoms with E-state index in [4.69, 9.17) is 9.47 Å². The van der Waals surface area contributed by atoms with Crippen LogP contribution in [0.3, 0.4) is 0 Å². The summed E-state index contributed by atoms with van der Waals surface area (Å²) in [5, 5.41) is 0. The molecule has 0 spiro atoms. The first kappa shape index (κ1) is 50.5. The molecule has 4 aromatic carbocycles. The molecule has 0 aromatic heterocycles. The van der Waals surface area contributed by atoms with Crippen LogP contribution in [0.4, 0.5) is 87.8 Å². The monoisotopic (exact) mass is 850 g/mol. The van der Waals surface area contributed by atoms with E-state index in [2.05, 4.69) is 0 Å². The average molecular weight is 850 g/mol. The van der Waals surface area contributed by atoms with Gasteiger partial charge >= 0.3 is 31.9 Å². The van der Waals surface area contributed by atoms with E-state index in [9.17, 15) is 52.7 Å². The van der Waals surface area contributed by atoms with Crippen molar-refractivity contribution < 1.29 is 116 Å². The summed E-state index contributed by atoms with van der Waals surface area (Å²) < 4.78 is 290. The number of ether oxygens (including phenoxy) is 2. The van der Waals surface area contributed by atoms with Crippen LogP contribution in [0.25, 0.3) is 0 Å². The van der Waals surface area contributed by atoms with Crippen molar-refractivity contribution in [3.63, 3.8) is 0 Å². The van der Waals surface area contributed by atoms with Crippen molar-refractivity contribution in [1.29, 1.82) is 0 Å². The van der Waals surface area contributed by atoms with Gasteiger partial charge in [0.25, 0.3) is 0 Å². The predicted molar refractivity (Wildman–Crippen MR) is 154 cm³/mol. The van der Waals surface area contributed by atoms with Crippen LogP contribution in [0, 0.1) is 116 Å². The Morgan fingerprint density at radius 3 is 0.446 bits per heavy atom. The van der Waals surface area contributed by atoms with Crippen molar-refractivity contribution in [2.45, 2.75) is 27.7 Å². The Morgan fingerprint density at radius 2 is 0.357 bits per heavy atom. The predicted octanol–water partition coefficient (Wildman–Crippen LogP) is 4.94. The zero-order valence-electron chi connectivity index (χ0n) is 28.8. The molecule has 24 heteroatoms. The van der Waals surface area contributed by atoms with Gasteiger partial charge in [-0.25, -0.2) is 87.8 Å². The minimum Gasteiger partial charge on any atom is -0.382 e. The van der Waals surface area contributed by atoms with Gasteiger partial charge in [-0.15, -0.1) is 17.7 Å². The van der Waals surface area contributed by atoms with Crippen LogP contribution in [-0.4, -0.2) is 39.5 Å². The van der Waals surface area contributed by atoms with E-state index in [0.29, 0.717) is 0 Å². The molecule has 0 aliphatic carbocycles. The van der Waals surface area contributed by atoms with Crippen LogP contribution in [0.2, 0.25) is 0 Å². The molecule has 304 valence electrons. The normalized spacial score (nSPS) is 11.1. The second kappa shape index (κ2) is 20.3. The average Bonchev–Trinajstić information content (AvgIpc) is 3.15. The second-order valence-electron chi connectivity index (χ2n) is 10.4. The molecule has 4 rings (SSSR count). The Labute approximate surface area is 316 Å². The topological polar surface area (TPSA) is 18.5 Å². The summed E-state index contributed by atoms with van der Waals surface area (Å²) in [5.74, 6) is -70.8. The molecule has 0 heterocycles. The third-order valence-corrected chi connectivity index (χ3v) is 13.0. The SMILES string of the molecule is CCOCC.CCOCC.Fc1c(F)c(F)[c]([Al-]([c]2c(F)c(F)c(F)c(F)c2F)([c]2c(F)c(F)c(F)c(F)c2F)[c]2c(F)c(F)c(F)c(F)c2F)c(F)c1F.[Li+]. The molecular weight excluding hydrogens is 830 g/mol. The summed E-state index contributed by atoms with van der Waals surface area (Å²) in [7, 11) is 0. The van der Waals surface area contributed by atoms with Gasteiger partial charge in [-0.2, -0.15) is 0 Å². The van der Waals surface area contributed by atoms with Gasteiger partial charge in [-0.3, -0.25) is 0 Å². The zero-order valence-corrected chi connectivity index (χ0v) is 29.9. The number of hydrogen-bond acceptors (Lipinski definition) is 2. The van der Waals surface area contributed by atoms with E-state index in [1.54, 1.807) is 0 Å². The fourth-order valence-corrected chi connectivity index (χ4v) is 11.1. The minimum atomic E-state index is -9.08. The van der Waals surface area contributed by atoms with Gasteiger partial charge in [0.15, 0.2) is 69.8 Å². The standard InChI is InChI=1S/4C6F5.2C4H10O.Al.Li/c4*7-2-1-3(8)5(10)6(11)4(2)9;2*1-3-5-4-2;;/h;;;;2*3-4H2,1-2H3;;/q;;;;;;-1;+1. The summed E-state index contributed by atoms with van der Waals surface area (Å²) in [5.41, 5.74) is 0. The summed E-state index contributed by atoms with van der Waals surface area (Å²) in [4.78, 5) is 0. The van der Waals surface area contributed by atoms with Crippen molar-refractivity contribution in [1.82, 2.24) is 0 Å². The van der Waals surface area contributed by atoms with Gasteiger partial charge < -0.3 is 9.47 Å². The molecule has 0 amide bonds. The molecule has 0 fully saturated rings. The van der Waals surface area contributed by atoms with Crippen molar-refractivity contribution in [3.8, 4) is 0 Å². The number of rotatable bonds is 8. The molecule has 0 radical (unpaired) electrons. The summed E-state index contributed by atoms with van der Waals surface area (Å²) in [6, 6.07) is 0. The van der Waals surface area contributed by atoms with Gasteiger partial charge in [-0.1, -0.05) is 0 Å². The Bertz CT molecular complexity index is 1690. The van der Waals surface area contributed by atoms with Gasteiger partial charge in [0.1, 0.15) is 46.5 Å². The second-order valence-corrected chi connectivity index (χ2v) is 14.4. The summed E-state index contributed by atoms with van der Waals surface area (Å²) >= 11 is -9.08. The van der Waals surface area contributed by atoms with E-state index in [1.165, 1.54) is 0 Å². The molecule has 56 heavy (non-hydrogen) atoms. The van der Waals surface area contributed by atoms with Crippen molar-refractivity contribution in [2.24, 2.45) is 0 Å². The zero-order chi connectivity index (χ0) is 42.6. The molecule has 0 N–H and O–H groups in total. The Kier molecular flexibility index (Phi) is 18.3. The molecule has 0 aliphatic heterocycles. The van der Waals surface area contributed by atoms with Crippen LogP contribution in [0.5, 0.6) is 0 Å². The van der Waals surface area contributed by atoms with Crippen molar-refractivity contribution in [2.75, 3.05) is 26.4 Å². The Balaban J connectivity index is 0.00000127. The summed E-state index contributed by atoms with van der Waals surface area (Å²) in [6.07, 6.45) is 0. The smallest absolute Gasteiger partial charge is 0.382 e. The molecule has 0 saturated carbocycles. The fraction of sp³-hybridized carbons (Fsp3) is 0.250. The van der Waals surface area contributed by atoms with E-state index in [1.807, 2.05) is 27.7 Å². The van der Waals surface area contributed by atoms with Crippen LogP contribution in [0.1, 0.15) is 27.7 Å². The van der Waals surface area contributed by atoms with Gasteiger partial charge in [0.2, 0.25) is 0 Å². The molecule has 2 nitrogen and oxygen atoms in total. The Morgan fingerprint density at radius 1 is 0.250 bits per heavy atom. The van der Waals surface area contributed by atoms with Crippen molar-refractivity contribution >= 4 is 30.8 Å². The van der Waals surface area contributed by atoms with Crippen LogP contribution < -0.4 is 36.6 Å². The first-order valence-corrected chi connectivity index (χ1v) is 17.2. The molecular formula is C32H20AlF20LiO2. The molecule has 0 bridgehead atoms. The molecule has 0 aliphatic rings. The quantitative estimate of drug-likeness (QED) is 0.109. The van der Waals surface area contributed by atoms with E-state index in [0.717, 1.165) is 26.4 Å². The summed E-state index contributed by atoms with van der Waals surface area (Å²) in [6.45, 7) is 11.3. The van der Waals surface area contributed by atoms with Crippen molar-refractivity contribution in [3.05, 3.63) is 116 Å². The molecule has 0 unspecified atom stereocenters. The van der Waals surface area contributed by atoms with Crippen LogP contribution >= 0.6 is 0 Å². The van der Waals surface area contributed by atoms with Gasteiger partial charge in [-0.05, 0) is 27.7 Å². The molecule has 0 saturated heterocycles. The number of hydrogen-bond donors (Lipinski definition) is 0. The Hall–Kier alpha value is -3.47. The largest absolute Gasteiger partial charge is 1.00 e. The number of halogens is 20. The minimum absolute atomic E-state index is 0. The first-order chi connectivity index (χ1) is 25.5. The van der Waals surface area contributed by atoms with Gasteiger partial charge in [0, 0.05) is 26.4 Å². The maximum absolute atomic E-state index is 15.4. The number of benzene rings is 4. The molecule has 4 aromatic rings. The van der Waals surface area contributed by atoms with Crippen LogP contribution in [-0.2, 0) is 9.47 Å². The van der Waals surface area contributed by atoms with Crippen LogP contribution in [0.15, 0.2) is 0 Å². The van der Waals surface area contributed by atoms with E-state index >= 15 is 35.1 Å². The maximum Gasteiger partial charge on any atom is 1.00 e.